The molecule has 260 valence electrons. The summed E-state index contributed by atoms with van der Waals surface area (Å²) in [5.74, 6) is 0.357. The number of methoxy groups -OCH3 is 1. The van der Waals surface area contributed by atoms with Crippen LogP contribution in [0.5, 0.6) is 0 Å². The van der Waals surface area contributed by atoms with Crippen LogP contribution in [0.3, 0.4) is 0 Å². The highest BCUT2D eigenvalue weighted by Crippen LogP contribution is 2.30. The predicted octanol–water partition coefficient (Wildman–Crippen LogP) is 4.32. The number of nitrogens with zero attached hydrogens (tertiary/aromatic N) is 5. The van der Waals surface area contributed by atoms with Crippen LogP contribution in [0.25, 0.3) is 0 Å². The summed E-state index contributed by atoms with van der Waals surface area (Å²) in [7, 11) is 1.65. The molecular weight excluding hydrogens is 588 g/mol. The quantitative estimate of drug-likeness (QED) is 0.356. The van der Waals surface area contributed by atoms with E-state index in [9.17, 15) is 19.5 Å². The Balaban J connectivity index is 1.99. The summed E-state index contributed by atoms with van der Waals surface area (Å²) in [5.41, 5.74) is -1.49. The van der Waals surface area contributed by atoms with Crippen LogP contribution in [-0.4, -0.2) is 118 Å². The Bertz CT molecular complexity index is 1200. The van der Waals surface area contributed by atoms with E-state index in [2.05, 4.69) is 10.3 Å². The predicted molar refractivity (Wildman–Crippen MR) is 178 cm³/mol. The average molecular weight is 647 g/mol. The molecule has 2 fully saturated rings. The summed E-state index contributed by atoms with van der Waals surface area (Å²) in [5, 5.41) is 13.8. The SMILES string of the molecule is COCCCNc1nc(C(C)(C)C)ncc1C(=O)N(CC(C)C)[C@H]1C[C@@H](C(=O)N2CCC(C)(O)CC2)CN(C(=O)OC(C)(C)C)C1. The molecule has 2 saturated heterocycles. The third-order valence-corrected chi connectivity index (χ3v) is 8.35. The van der Waals surface area contributed by atoms with Gasteiger partial charge in [0.1, 0.15) is 22.8 Å². The van der Waals surface area contributed by atoms with Gasteiger partial charge in [0.2, 0.25) is 5.91 Å². The molecule has 0 aromatic carbocycles. The number of rotatable bonds is 10. The van der Waals surface area contributed by atoms with Gasteiger partial charge in [0.25, 0.3) is 5.91 Å². The van der Waals surface area contributed by atoms with E-state index in [1.807, 2.05) is 55.4 Å². The molecular formula is C34H58N6O6. The number of ether oxygens (including phenoxy) is 2. The lowest BCUT2D eigenvalue weighted by molar-refractivity contribution is -0.141. The summed E-state index contributed by atoms with van der Waals surface area (Å²) in [4.78, 5) is 56.4. The van der Waals surface area contributed by atoms with E-state index >= 15 is 0 Å². The van der Waals surface area contributed by atoms with Crippen LogP contribution in [0.1, 0.15) is 104 Å². The van der Waals surface area contributed by atoms with E-state index in [0.717, 1.165) is 6.42 Å². The zero-order valence-corrected chi connectivity index (χ0v) is 29.8. The average Bonchev–Trinajstić information content (AvgIpc) is 2.95. The molecule has 0 unspecified atom stereocenters. The van der Waals surface area contributed by atoms with Gasteiger partial charge in [-0.2, -0.15) is 0 Å². The van der Waals surface area contributed by atoms with E-state index in [1.54, 1.807) is 34.9 Å². The van der Waals surface area contributed by atoms with Gasteiger partial charge >= 0.3 is 6.09 Å². The molecule has 2 N–H and O–H groups in total. The Morgan fingerprint density at radius 3 is 2.33 bits per heavy atom. The molecule has 0 aliphatic carbocycles. The van der Waals surface area contributed by atoms with Crippen molar-refractivity contribution in [2.75, 3.05) is 58.3 Å². The van der Waals surface area contributed by atoms with E-state index in [0.29, 0.717) is 69.3 Å². The van der Waals surface area contributed by atoms with Crippen molar-refractivity contribution < 1.29 is 29.0 Å². The van der Waals surface area contributed by atoms with Crippen LogP contribution in [-0.2, 0) is 19.7 Å². The molecule has 3 heterocycles. The first-order valence-corrected chi connectivity index (χ1v) is 16.7. The van der Waals surface area contributed by atoms with Gasteiger partial charge < -0.3 is 34.6 Å². The number of anilines is 1. The second kappa shape index (κ2) is 15.3. The third kappa shape index (κ3) is 10.5. The summed E-state index contributed by atoms with van der Waals surface area (Å²) < 4.78 is 11.0. The molecule has 0 spiro atoms. The maximum atomic E-state index is 14.5. The zero-order chi connectivity index (χ0) is 34.4. The minimum atomic E-state index is -0.797. The topological polar surface area (TPSA) is 137 Å². The first-order chi connectivity index (χ1) is 21.3. The second-order valence-corrected chi connectivity index (χ2v) is 15.6. The van der Waals surface area contributed by atoms with Crippen molar-refractivity contribution in [3.05, 3.63) is 17.6 Å². The number of carbonyl (C=O) groups is 3. The first-order valence-electron chi connectivity index (χ1n) is 16.7. The largest absolute Gasteiger partial charge is 0.444 e. The van der Waals surface area contributed by atoms with Crippen LogP contribution < -0.4 is 5.32 Å². The van der Waals surface area contributed by atoms with Gasteiger partial charge in [0.05, 0.1) is 17.6 Å². The van der Waals surface area contributed by atoms with Crippen molar-refractivity contribution in [1.82, 2.24) is 24.7 Å². The molecule has 46 heavy (non-hydrogen) atoms. The van der Waals surface area contributed by atoms with E-state index in [4.69, 9.17) is 14.5 Å². The molecule has 1 aromatic heterocycles. The Labute approximate surface area is 275 Å². The van der Waals surface area contributed by atoms with Crippen molar-refractivity contribution >= 4 is 23.7 Å². The first kappa shape index (κ1) is 37.5. The highest BCUT2D eigenvalue weighted by atomic mass is 16.6. The lowest BCUT2D eigenvalue weighted by atomic mass is 9.89. The third-order valence-electron chi connectivity index (χ3n) is 8.35. The lowest BCUT2D eigenvalue weighted by Crippen LogP contribution is -2.58. The minimum absolute atomic E-state index is 0.0657. The molecule has 12 nitrogen and oxygen atoms in total. The van der Waals surface area contributed by atoms with E-state index in [-0.39, 0.29) is 36.2 Å². The van der Waals surface area contributed by atoms with Crippen LogP contribution in [0.2, 0.25) is 0 Å². The summed E-state index contributed by atoms with van der Waals surface area (Å²) >= 11 is 0. The van der Waals surface area contributed by atoms with Crippen molar-refractivity contribution in [3.63, 3.8) is 0 Å². The van der Waals surface area contributed by atoms with Gasteiger partial charge in [-0.05, 0) is 59.3 Å². The number of nitrogens with one attached hydrogen (secondary N) is 1. The number of hydrogen-bond acceptors (Lipinski definition) is 9. The molecule has 0 saturated carbocycles. The van der Waals surface area contributed by atoms with Crippen molar-refractivity contribution in [3.8, 4) is 0 Å². The van der Waals surface area contributed by atoms with Gasteiger partial charge in [-0.3, -0.25) is 9.59 Å². The number of aliphatic hydroxyl groups is 1. The number of aromatic nitrogens is 2. The van der Waals surface area contributed by atoms with E-state index < -0.39 is 29.3 Å². The van der Waals surface area contributed by atoms with Crippen LogP contribution in [0.4, 0.5) is 10.6 Å². The Kier molecular flexibility index (Phi) is 12.4. The number of hydrogen-bond donors (Lipinski definition) is 2. The minimum Gasteiger partial charge on any atom is -0.444 e. The Morgan fingerprint density at radius 1 is 1.11 bits per heavy atom. The number of likely N-dealkylation sites (tertiary alicyclic amines) is 2. The highest BCUT2D eigenvalue weighted by molar-refractivity contribution is 5.98. The van der Waals surface area contributed by atoms with Gasteiger partial charge in [0.15, 0.2) is 0 Å². The van der Waals surface area contributed by atoms with Crippen molar-refractivity contribution in [1.29, 1.82) is 0 Å². The van der Waals surface area contributed by atoms with Gasteiger partial charge in [-0.25, -0.2) is 14.8 Å². The molecule has 3 rings (SSSR count). The maximum absolute atomic E-state index is 14.5. The molecule has 12 heteroatoms. The fourth-order valence-electron chi connectivity index (χ4n) is 5.82. The monoisotopic (exact) mass is 646 g/mol. The number of carbonyl (C=O) groups excluding carboxylic acids is 3. The molecule has 2 aliphatic rings. The molecule has 2 atom stereocenters. The normalized spacial score (nSPS) is 20.4. The molecule has 3 amide bonds. The van der Waals surface area contributed by atoms with E-state index in [1.165, 1.54) is 0 Å². The fourth-order valence-corrected chi connectivity index (χ4v) is 5.82. The zero-order valence-electron chi connectivity index (χ0n) is 29.8. The van der Waals surface area contributed by atoms with Gasteiger partial charge in [-0.1, -0.05) is 34.6 Å². The molecule has 0 bridgehead atoms. The van der Waals surface area contributed by atoms with Crippen molar-refractivity contribution in [2.45, 2.75) is 111 Å². The van der Waals surface area contributed by atoms with Gasteiger partial charge in [-0.15, -0.1) is 0 Å². The lowest BCUT2D eigenvalue weighted by Gasteiger charge is -2.45. The standard InChI is InChI=1S/C34H58N6O6/c1-23(2)20-40(29(42)26-19-36-30(32(3,4)5)37-27(26)35-14-11-17-45-10)25-18-24(21-39(22-25)31(43)46-33(6,7)8)28(41)38-15-12-34(9,44)13-16-38/h19,23-25,44H,11-18,20-22H2,1-10H3,(H,35,36,37)/t24-,25+/m1/s1. The smallest absolute Gasteiger partial charge is 0.410 e. The Hall–Kier alpha value is -2.99. The fraction of sp³-hybridized carbons (Fsp3) is 0.794. The van der Waals surface area contributed by atoms with Crippen LogP contribution in [0, 0.1) is 11.8 Å². The number of amides is 3. The van der Waals surface area contributed by atoms with Crippen LogP contribution >= 0.6 is 0 Å². The Morgan fingerprint density at radius 2 is 1.76 bits per heavy atom. The summed E-state index contributed by atoms with van der Waals surface area (Å²) in [6.07, 6.45) is 3.21. The summed E-state index contributed by atoms with van der Waals surface area (Å²) in [6.45, 7) is 20.3. The van der Waals surface area contributed by atoms with Crippen molar-refractivity contribution in [2.24, 2.45) is 11.8 Å². The molecule has 1 aromatic rings. The highest BCUT2D eigenvalue weighted by Gasteiger charge is 2.42. The molecule has 0 radical (unpaired) electrons. The van der Waals surface area contributed by atoms with Gasteiger partial charge in [0, 0.05) is 64.6 Å². The number of piperidine rings is 2. The summed E-state index contributed by atoms with van der Waals surface area (Å²) in [6, 6.07) is -0.443. The maximum Gasteiger partial charge on any atom is 0.410 e. The second-order valence-electron chi connectivity index (χ2n) is 15.6. The molecule has 2 aliphatic heterocycles. The van der Waals surface area contributed by atoms with Crippen LogP contribution in [0.15, 0.2) is 6.20 Å².